The van der Waals surface area contributed by atoms with Crippen molar-refractivity contribution in [3.8, 4) is 11.5 Å². The van der Waals surface area contributed by atoms with Crippen LogP contribution in [0.15, 0.2) is 23.2 Å². The molecule has 2 unspecified atom stereocenters. The van der Waals surface area contributed by atoms with E-state index in [9.17, 15) is 5.11 Å². The molecule has 0 aromatic heterocycles. The van der Waals surface area contributed by atoms with Crippen molar-refractivity contribution < 1.29 is 19.3 Å². The van der Waals surface area contributed by atoms with Gasteiger partial charge in [0.05, 0.1) is 40.1 Å². The molecular formula is C23H40N4O4. The van der Waals surface area contributed by atoms with Crippen molar-refractivity contribution in [2.45, 2.75) is 39.3 Å². The van der Waals surface area contributed by atoms with Crippen LogP contribution in [0.3, 0.4) is 0 Å². The zero-order chi connectivity index (χ0) is 22.6. The number of aliphatic imine (C=N–C) groups is 1. The number of rotatable bonds is 11. The van der Waals surface area contributed by atoms with Crippen LogP contribution in [0.4, 0.5) is 0 Å². The number of aliphatic hydroxyl groups is 1. The summed E-state index contributed by atoms with van der Waals surface area (Å²) in [4.78, 5) is 7.31. The summed E-state index contributed by atoms with van der Waals surface area (Å²) in [5, 5.41) is 17.3. The summed E-state index contributed by atoms with van der Waals surface area (Å²) in [7, 11) is 3.20. The SMILES string of the molecule is CCNC(=NCC(CC(C)C)N1CCOCC1)NCC(O)c1cc(OC)ccc1OC. The van der Waals surface area contributed by atoms with Gasteiger partial charge in [0.1, 0.15) is 11.5 Å². The van der Waals surface area contributed by atoms with E-state index in [4.69, 9.17) is 19.2 Å². The average Bonchev–Trinajstić information content (AvgIpc) is 2.79. The zero-order valence-electron chi connectivity index (χ0n) is 19.7. The summed E-state index contributed by atoms with van der Waals surface area (Å²) in [5.41, 5.74) is 0.677. The van der Waals surface area contributed by atoms with Gasteiger partial charge in [0.15, 0.2) is 5.96 Å². The fourth-order valence-electron chi connectivity index (χ4n) is 3.77. The van der Waals surface area contributed by atoms with Crippen LogP contribution < -0.4 is 20.1 Å². The first-order chi connectivity index (χ1) is 15.0. The van der Waals surface area contributed by atoms with E-state index >= 15 is 0 Å². The molecule has 3 N–H and O–H groups in total. The molecule has 1 aliphatic rings. The topological polar surface area (TPSA) is 87.6 Å². The van der Waals surface area contributed by atoms with Crippen LogP contribution in [0.2, 0.25) is 0 Å². The fraction of sp³-hybridized carbons (Fsp3) is 0.696. The van der Waals surface area contributed by atoms with Crippen molar-refractivity contribution in [2.75, 3.05) is 60.2 Å². The molecule has 1 heterocycles. The monoisotopic (exact) mass is 436 g/mol. The second kappa shape index (κ2) is 13.4. The second-order valence-electron chi connectivity index (χ2n) is 8.16. The van der Waals surface area contributed by atoms with E-state index in [1.54, 1.807) is 26.4 Å². The van der Waals surface area contributed by atoms with Gasteiger partial charge in [-0.05, 0) is 37.5 Å². The first-order valence-electron chi connectivity index (χ1n) is 11.2. The highest BCUT2D eigenvalue weighted by Crippen LogP contribution is 2.29. The van der Waals surface area contributed by atoms with Gasteiger partial charge in [-0.3, -0.25) is 9.89 Å². The van der Waals surface area contributed by atoms with E-state index in [2.05, 4.69) is 29.4 Å². The largest absolute Gasteiger partial charge is 0.497 e. The number of nitrogens with zero attached hydrogens (tertiary/aromatic N) is 2. The molecule has 31 heavy (non-hydrogen) atoms. The van der Waals surface area contributed by atoms with Crippen LogP contribution in [-0.4, -0.2) is 82.2 Å². The molecule has 1 fully saturated rings. The lowest BCUT2D eigenvalue weighted by atomic mass is 10.0. The number of guanidine groups is 1. The Kier molecular flexibility index (Phi) is 10.9. The summed E-state index contributed by atoms with van der Waals surface area (Å²) in [5.74, 6) is 2.60. The Morgan fingerprint density at radius 2 is 1.94 bits per heavy atom. The van der Waals surface area contributed by atoms with Crippen molar-refractivity contribution in [2.24, 2.45) is 10.9 Å². The standard InChI is InChI=1S/C23H40N4O4/c1-6-24-23(25-15-18(13-17(2)3)27-9-11-31-12-10-27)26-16-21(28)20-14-19(29-4)7-8-22(20)30-5/h7-8,14,17-18,21,28H,6,9-13,15-16H2,1-5H3,(H2,24,25,26). The van der Waals surface area contributed by atoms with E-state index in [1.807, 2.05) is 13.0 Å². The quantitative estimate of drug-likeness (QED) is 0.361. The molecule has 2 atom stereocenters. The maximum absolute atomic E-state index is 10.8. The highest BCUT2D eigenvalue weighted by Gasteiger charge is 2.22. The van der Waals surface area contributed by atoms with E-state index < -0.39 is 6.10 Å². The molecule has 0 spiro atoms. The van der Waals surface area contributed by atoms with Gasteiger partial charge in [-0.15, -0.1) is 0 Å². The van der Waals surface area contributed by atoms with Gasteiger partial charge in [-0.2, -0.15) is 0 Å². The number of aliphatic hydroxyl groups excluding tert-OH is 1. The number of hydrogen-bond acceptors (Lipinski definition) is 6. The van der Waals surface area contributed by atoms with Gasteiger partial charge in [-0.25, -0.2) is 0 Å². The normalized spacial score (nSPS) is 17.3. The van der Waals surface area contributed by atoms with Crippen LogP contribution >= 0.6 is 0 Å². The van der Waals surface area contributed by atoms with Crippen molar-refractivity contribution >= 4 is 5.96 Å². The van der Waals surface area contributed by atoms with E-state index in [-0.39, 0.29) is 0 Å². The maximum Gasteiger partial charge on any atom is 0.191 e. The lowest BCUT2D eigenvalue weighted by molar-refractivity contribution is 0.0143. The third-order valence-electron chi connectivity index (χ3n) is 5.37. The number of morpholine rings is 1. The van der Waals surface area contributed by atoms with E-state index in [1.165, 1.54) is 0 Å². The molecular weight excluding hydrogens is 396 g/mol. The van der Waals surface area contributed by atoms with Crippen LogP contribution in [0.5, 0.6) is 11.5 Å². The van der Waals surface area contributed by atoms with E-state index in [0.29, 0.717) is 48.1 Å². The molecule has 2 rings (SSSR count). The maximum atomic E-state index is 10.8. The fourth-order valence-corrected chi connectivity index (χ4v) is 3.77. The van der Waals surface area contributed by atoms with Crippen molar-refractivity contribution in [1.82, 2.24) is 15.5 Å². The lowest BCUT2D eigenvalue weighted by Crippen LogP contribution is -2.46. The van der Waals surface area contributed by atoms with Crippen LogP contribution in [0, 0.1) is 5.92 Å². The number of benzene rings is 1. The highest BCUT2D eigenvalue weighted by molar-refractivity contribution is 5.79. The third-order valence-corrected chi connectivity index (χ3v) is 5.37. The van der Waals surface area contributed by atoms with Crippen LogP contribution in [0.25, 0.3) is 0 Å². The molecule has 0 saturated carbocycles. The molecule has 176 valence electrons. The summed E-state index contributed by atoms with van der Waals surface area (Å²) in [6.45, 7) is 11.8. The first kappa shape index (κ1) is 25.2. The molecule has 8 nitrogen and oxygen atoms in total. The average molecular weight is 437 g/mol. The van der Waals surface area contributed by atoms with Crippen LogP contribution in [-0.2, 0) is 4.74 Å². The summed E-state index contributed by atoms with van der Waals surface area (Å²) < 4.78 is 16.2. The number of hydrogen-bond donors (Lipinski definition) is 3. The van der Waals surface area contributed by atoms with Gasteiger partial charge in [0.25, 0.3) is 0 Å². The Morgan fingerprint density at radius 3 is 2.55 bits per heavy atom. The Morgan fingerprint density at radius 1 is 1.19 bits per heavy atom. The molecule has 0 amide bonds. The van der Waals surface area contributed by atoms with Gasteiger partial charge in [-0.1, -0.05) is 13.8 Å². The Hall–Kier alpha value is -2.03. The number of ether oxygens (including phenoxy) is 3. The summed E-state index contributed by atoms with van der Waals surface area (Å²) in [6, 6.07) is 5.79. The van der Waals surface area contributed by atoms with Crippen molar-refractivity contribution in [1.29, 1.82) is 0 Å². The molecule has 0 bridgehead atoms. The zero-order valence-corrected chi connectivity index (χ0v) is 19.7. The minimum atomic E-state index is -0.764. The molecule has 1 aliphatic heterocycles. The van der Waals surface area contributed by atoms with Gasteiger partial charge < -0.3 is 30.0 Å². The molecule has 1 aromatic rings. The van der Waals surface area contributed by atoms with Gasteiger partial charge >= 0.3 is 0 Å². The summed E-state index contributed by atoms with van der Waals surface area (Å²) in [6.07, 6.45) is 0.326. The molecule has 1 saturated heterocycles. The van der Waals surface area contributed by atoms with E-state index in [0.717, 1.165) is 39.3 Å². The van der Waals surface area contributed by atoms with Gasteiger partial charge in [0.2, 0.25) is 0 Å². The smallest absolute Gasteiger partial charge is 0.191 e. The number of methoxy groups -OCH3 is 2. The molecule has 1 aromatic carbocycles. The Labute approximate surface area is 187 Å². The predicted octanol–water partition coefficient (Wildman–Crippen LogP) is 2.04. The lowest BCUT2D eigenvalue weighted by Gasteiger charge is -2.34. The number of nitrogens with one attached hydrogen (secondary N) is 2. The molecule has 0 radical (unpaired) electrons. The second-order valence-corrected chi connectivity index (χ2v) is 8.16. The molecule has 8 heteroatoms. The predicted molar refractivity (Wildman–Crippen MR) is 124 cm³/mol. The van der Waals surface area contributed by atoms with Crippen LogP contribution in [0.1, 0.15) is 38.9 Å². The van der Waals surface area contributed by atoms with Crippen molar-refractivity contribution in [3.63, 3.8) is 0 Å². The Balaban J connectivity index is 2.04. The summed E-state index contributed by atoms with van der Waals surface area (Å²) >= 11 is 0. The highest BCUT2D eigenvalue weighted by atomic mass is 16.5. The van der Waals surface area contributed by atoms with Gasteiger partial charge in [0, 0.05) is 37.8 Å². The first-order valence-corrected chi connectivity index (χ1v) is 11.2. The molecule has 0 aliphatic carbocycles. The minimum absolute atomic E-state index is 0.307. The van der Waals surface area contributed by atoms with Crippen molar-refractivity contribution in [3.05, 3.63) is 23.8 Å². The minimum Gasteiger partial charge on any atom is -0.497 e. The Bertz CT molecular complexity index is 678. The third kappa shape index (κ3) is 8.20.